The number of halogens is 2. The highest BCUT2D eigenvalue weighted by atomic mass is 79.9. The molecular formula is C24H25BrClN5O6. The molecule has 3 rings (SSSR count). The molecule has 0 saturated heterocycles. The van der Waals surface area contributed by atoms with Gasteiger partial charge in [-0.15, -0.1) is 0 Å². The molecule has 196 valence electrons. The third-order valence-electron chi connectivity index (χ3n) is 4.83. The predicted molar refractivity (Wildman–Crippen MR) is 141 cm³/mol. The van der Waals surface area contributed by atoms with Crippen LogP contribution in [0.5, 0.6) is 0 Å². The van der Waals surface area contributed by atoms with E-state index in [1.807, 2.05) is 19.1 Å². The van der Waals surface area contributed by atoms with Crippen molar-refractivity contribution in [3.05, 3.63) is 74.6 Å². The van der Waals surface area contributed by atoms with Crippen LogP contribution in [-0.2, 0) is 14.3 Å². The lowest BCUT2D eigenvalue weighted by molar-refractivity contribution is -0.126. The Hall–Kier alpha value is -3.90. The molecule has 3 amide bonds. The summed E-state index contributed by atoms with van der Waals surface area (Å²) in [6.07, 6.45) is 2.61. The van der Waals surface area contributed by atoms with Gasteiger partial charge in [0, 0.05) is 28.9 Å². The second kappa shape index (κ2) is 13.4. The smallest absolute Gasteiger partial charge is 0.428 e. The number of amides is 3. The molecule has 37 heavy (non-hydrogen) atoms. The molecule has 0 unspecified atom stereocenters. The van der Waals surface area contributed by atoms with Gasteiger partial charge >= 0.3 is 6.09 Å². The quantitative estimate of drug-likeness (QED) is 0.333. The van der Waals surface area contributed by atoms with E-state index in [0.29, 0.717) is 33.0 Å². The Labute approximate surface area is 226 Å². The summed E-state index contributed by atoms with van der Waals surface area (Å²) >= 11 is 9.56. The standard InChI is InChI=1S/C22H21BrClN5O4.C2H4O2/c1-12-6-5-7-25-19(12)29-11-14(23)9-17(29)21(31)26-18-13(2)8-15(24)10-16(18)20(30)27-28(3)22(32)33-4;1-4-2-3/h5-11H,1-4H3,(H,26,31)(H,27,30);2H,1H3. The first kappa shape index (κ1) is 29.3. The van der Waals surface area contributed by atoms with E-state index in [2.05, 4.69) is 41.1 Å². The van der Waals surface area contributed by atoms with Crippen LogP contribution in [0.1, 0.15) is 32.0 Å². The number of nitrogens with zero attached hydrogens (tertiary/aromatic N) is 3. The topological polar surface area (TPSA) is 132 Å². The average molecular weight is 595 g/mol. The minimum atomic E-state index is -0.763. The lowest BCUT2D eigenvalue weighted by atomic mass is 10.1. The van der Waals surface area contributed by atoms with Crippen molar-refractivity contribution in [1.82, 2.24) is 20.0 Å². The van der Waals surface area contributed by atoms with Crippen molar-refractivity contribution in [2.24, 2.45) is 0 Å². The maximum absolute atomic E-state index is 13.3. The minimum absolute atomic E-state index is 0.0790. The number of benzene rings is 1. The Bertz CT molecular complexity index is 1310. The third-order valence-corrected chi connectivity index (χ3v) is 5.48. The molecule has 2 heterocycles. The van der Waals surface area contributed by atoms with Gasteiger partial charge in [-0.1, -0.05) is 17.7 Å². The van der Waals surface area contributed by atoms with E-state index in [9.17, 15) is 14.4 Å². The van der Waals surface area contributed by atoms with Crippen LogP contribution in [0.4, 0.5) is 10.5 Å². The monoisotopic (exact) mass is 593 g/mol. The molecule has 0 spiro atoms. The first-order chi connectivity index (χ1) is 17.5. The third kappa shape index (κ3) is 7.54. The number of hydrogen-bond acceptors (Lipinski definition) is 7. The summed E-state index contributed by atoms with van der Waals surface area (Å²) in [7, 11) is 3.84. The summed E-state index contributed by atoms with van der Waals surface area (Å²) in [5.74, 6) is -0.522. The fourth-order valence-electron chi connectivity index (χ4n) is 3.17. The van der Waals surface area contributed by atoms with Crippen LogP contribution in [0.15, 0.2) is 47.2 Å². The summed E-state index contributed by atoms with van der Waals surface area (Å²) in [5, 5.41) is 3.98. The number of pyridine rings is 1. The molecule has 0 aliphatic rings. The Morgan fingerprint density at radius 2 is 1.81 bits per heavy atom. The van der Waals surface area contributed by atoms with Gasteiger partial charge in [0.25, 0.3) is 18.3 Å². The Morgan fingerprint density at radius 3 is 2.41 bits per heavy atom. The zero-order valence-corrected chi connectivity index (χ0v) is 23.0. The molecule has 0 radical (unpaired) electrons. The van der Waals surface area contributed by atoms with Crippen LogP contribution >= 0.6 is 27.5 Å². The van der Waals surface area contributed by atoms with Crippen LogP contribution in [0, 0.1) is 13.8 Å². The number of aromatic nitrogens is 2. The molecule has 0 atom stereocenters. The van der Waals surface area contributed by atoms with Crippen molar-refractivity contribution >= 4 is 57.6 Å². The van der Waals surface area contributed by atoms with Crippen molar-refractivity contribution in [2.45, 2.75) is 13.8 Å². The van der Waals surface area contributed by atoms with E-state index in [-0.39, 0.29) is 11.3 Å². The number of nitrogens with one attached hydrogen (secondary N) is 2. The van der Waals surface area contributed by atoms with Crippen LogP contribution in [0.3, 0.4) is 0 Å². The summed E-state index contributed by atoms with van der Waals surface area (Å²) in [6, 6.07) is 8.38. The van der Waals surface area contributed by atoms with Crippen LogP contribution in [0.2, 0.25) is 5.02 Å². The molecule has 0 bridgehead atoms. The first-order valence-electron chi connectivity index (χ1n) is 10.5. The van der Waals surface area contributed by atoms with E-state index in [4.69, 9.17) is 16.4 Å². The van der Waals surface area contributed by atoms with Crippen molar-refractivity contribution < 1.29 is 28.7 Å². The first-order valence-corrected chi connectivity index (χ1v) is 11.7. The van der Waals surface area contributed by atoms with Gasteiger partial charge in [-0.05, 0) is 65.2 Å². The number of carbonyl (C=O) groups excluding carboxylic acids is 4. The molecule has 3 aromatic rings. The van der Waals surface area contributed by atoms with E-state index >= 15 is 0 Å². The lowest BCUT2D eigenvalue weighted by Gasteiger charge is -2.19. The average Bonchev–Trinajstić information content (AvgIpc) is 3.26. The Morgan fingerprint density at radius 1 is 1.14 bits per heavy atom. The number of hydrazine groups is 1. The van der Waals surface area contributed by atoms with Crippen molar-refractivity contribution in [2.75, 3.05) is 26.6 Å². The zero-order chi connectivity index (χ0) is 27.7. The molecule has 0 fully saturated rings. The van der Waals surface area contributed by atoms with Gasteiger partial charge in [0.15, 0.2) is 0 Å². The van der Waals surface area contributed by atoms with Gasteiger partial charge < -0.3 is 14.8 Å². The van der Waals surface area contributed by atoms with Gasteiger partial charge in [0.1, 0.15) is 11.5 Å². The van der Waals surface area contributed by atoms with Crippen molar-refractivity contribution in [3.63, 3.8) is 0 Å². The number of rotatable bonds is 5. The molecule has 2 N–H and O–H groups in total. The van der Waals surface area contributed by atoms with Crippen molar-refractivity contribution in [1.29, 1.82) is 0 Å². The molecule has 0 saturated carbocycles. The van der Waals surface area contributed by atoms with Crippen LogP contribution in [-0.4, -0.2) is 60.2 Å². The highest BCUT2D eigenvalue weighted by molar-refractivity contribution is 9.10. The molecule has 11 nitrogen and oxygen atoms in total. The zero-order valence-electron chi connectivity index (χ0n) is 20.7. The van der Waals surface area contributed by atoms with Gasteiger partial charge in [-0.2, -0.15) is 0 Å². The maximum Gasteiger partial charge on any atom is 0.428 e. The van der Waals surface area contributed by atoms with Gasteiger partial charge in [-0.25, -0.2) is 14.8 Å². The predicted octanol–water partition coefficient (Wildman–Crippen LogP) is 4.29. The fraction of sp³-hybridized carbons (Fsp3) is 0.208. The molecule has 0 aliphatic carbocycles. The summed E-state index contributed by atoms with van der Waals surface area (Å²) in [5.41, 5.74) is 4.46. The molecule has 2 aromatic heterocycles. The Kier molecular flexibility index (Phi) is 10.6. The van der Waals surface area contributed by atoms with Gasteiger partial charge in [0.05, 0.1) is 25.5 Å². The lowest BCUT2D eigenvalue weighted by Crippen LogP contribution is -2.43. The van der Waals surface area contributed by atoms with Gasteiger partial charge in [-0.3, -0.25) is 24.4 Å². The number of aryl methyl sites for hydroxylation is 2. The minimum Gasteiger partial charge on any atom is -0.471 e. The number of carbonyl (C=O) groups is 4. The maximum atomic E-state index is 13.3. The SMILES string of the molecule is COC(=O)N(C)NC(=O)c1cc(Cl)cc(C)c1NC(=O)c1cc(Br)cn1-c1ncccc1C.COC=O. The van der Waals surface area contributed by atoms with Crippen LogP contribution in [0.25, 0.3) is 5.82 Å². The van der Waals surface area contributed by atoms with E-state index in [0.717, 1.165) is 10.6 Å². The molecule has 0 aliphatic heterocycles. The molecule has 13 heteroatoms. The molecule has 1 aromatic carbocycles. The van der Waals surface area contributed by atoms with Crippen LogP contribution < -0.4 is 10.7 Å². The second-order valence-electron chi connectivity index (χ2n) is 7.46. The van der Waals surface area contributed by atoms with E-state index < -0.39 is 17.9 Å². The normalized spacial score (nSPS) is 9.92. The summed E-state index contributed by atoms with van der Waals surface area (Å²) in [6.45, 7) is 3.97. The Balaban J connectivity index is 0.00000112. The number of methoxy groups -OCH3 is 2. The van der Waals surface area contributed by atoms with E-state index in [1.165, 1.54) is 27.3 Å². The fourth-order valence-corrected chi connectivity index (χ4v) is 3.87. The van der Waals surface area contributed by atoms with E-state index in [1.54, 1.807) is 36.0 Å². The highest BCUT2D eigenvalue weighted by Gasteiger charge is 2.22. The van der Waals surface area contributed by atoms with Gasteiger partial charge in [0.2, 0.25) is 0 Å². The number of anilines is 1. The second-order valence-corrected chi connectivity index (χ2v) is 8.81. The number of ether oxygens (including phenoxy) is 2. The molecular weight excluding hydrogens is 570 g/mol. The highest BCUT2D eigenvalue weighted by Crippen LogP contribution is 2.28. The van der Waals surface area contributed by atoms with Crippen molar-refractivity contribution in [3.8, 4) is 5.82 Å². The summed E-state index contributed by atoms with van der Waals surface area (Å²) < 4.78 is 10.8. The summed E-state index contributed by atoms with van der Waals surface area (Å²) in [4.78, 5) is 51.1. The largest absolute Gasteiger partial charge is 0.471 e. The number of hydrogen-bond donors (Lipinski definition) is 2.